The summed E-state index contributed by atoms with van der Waals surface area (Å²) in [6.45, 7) is 2.71. The molecule has 5 nitrogen and oxygen atoms in total. The highest BCUT2D eigenvalue weighted by Crippen LogP contribution is 2.29. The van der Waals surface area contributed by atoms with Crippen molar-refractivity contribution in [2.45, 2.75) is 32.8 Å². The topological polar surface area (TPSA) is 72.3 Å². The van der Waals surface area contributed by atoms with Crippen LogP contribution < -0.4 is 0 Å². The van der Waals surface area contributed by atoms with Crippen LogP contribution in [0.25, 0.3) is 22.5 Å². The van der Waals surface area contributed by atoms with E-state index in [9.17, 15) is 4.79 Å². The lowest BCUT2D eigenvalue weighted by Crippen LogP contribution is -2.00. The Morgan fingerprint density at radius 2 is 1.64 bits per heavy atom. The predicted octanol–water partition coefficient (Wildman–Crippen LogP) is 5.00. The zero-order valence-electron chi connectivity index (χ0n) is 16.2. The molecule has 3 rings (SSSR count). The number of unbranched alkanes of at least 4 members (excludes halogenated alkanes) is 1. The fraction of sp³-hybridized carbons (Fsp3) is 0.261. The van der Waals surface area contributed by atoms with Crippen LogP contribution in [0.1, 0.15) is 41.4 Å². The Hall–Kier alpha value is -3.05. The first-order valence-electron chi connectivity index (χ1n) is 9.40. The Morgan fingerprint density at radius 3 is 2.25 bits per heavy atom. The van der Waals surface area contributed by atoms with Gasteiger partial charge in [-0.3, -0.25) is 4.98 Å². The van der Waals surface area contributed by atoms with Crippen molar-refractivity contribution >= 4 is 5.97 Å². The van der Waals surface area contributed by atoms with E-state index in [4.69, 9.17) is 19.8 Å². The van der Waals surface area contributed by atoms with Crippen LogP contribution in [0, 0.1) is 0 Å². The predicted molar refractivity (Wildman–Crippen MR) is 109 cm³/mol. The molecule has 144 valence electrons. The molecule has 2 aromatic carbocycles. The van der Waals surface area contributed by atoms with Crippen LogP contribution in [0.3, 0.4) is 0 Å². The second kappa shape index (κ2) is 9.24. The minimum Gasteiger partial charge on any atom is -0.478 e. The van der Waals surface area contributed by atoms with E-state index >= 15 is 0 Å². The Balaban J connectivity index is 2.04. The van der Waals surface area contributed by atoms with E-state index in [1.54, 1.807) is 31.4 Å². The Kier molecular flexibility index (Phi) is 6.50. The summed E-state index contributed by atoms with van der Waals surface area (Å²) in [7, 11) is 1.67. The van der Waals surface area contributed by atoms with E-state index in [1.807, 2.05) is 30.5 Å². The number of nitrogens with zero attached hydrogens (tertiary/aromatic N) is 2. The van der Waals surface area contributed by atoms with E-state index in [1.165, 1.54) is 0 Å². The number of carbonyl (C=O) groups is 1. The average molecular weight is 376 g/mol. The third kappa shape index (κ3) is 4.61. The number of carboxylic acid groups (broad SMARTS) is 1. The van der Waals surface area contributed by atoms with Gasteiger partial charge in [-0.1, -0.05) is 49.7 Å². The van der Waals surface area contributed by atoms with E-state index in [0.717, 1.165) is 53.0 Å². The number of rotatable bonds is 8. The van der Waals surface area contributed by atoms with Gasteiger partial charge in [0.2, 0.25) is 0 Å². The summed E-state index contributed by atoms with van der Waals surface area (Å²) in [6, 6.07) is 14.8. The second-order valence-corrected chi connectivity index (χ2v) is 6.67. The summed E-state index contributed by atoms with van der Waals surface area (Å²) in [5.74, 6) is -0.941. The molecule has 0 aliphatic carbocycles. The van der Waals surface area contributed by atoms with Gasteiger partial charge in [-0.05, 0) is 30.5 Å². The number of hydrogen-bond acceptors (Lipinski definition) is 4. The summed E-state index contributed by atoms with van der Waals surface area (Å²) in [4.78, 5) is 20.7. The number of ether oxygens (including phenoxy) is 1. The van der Waals surface area contributed by atoms with Crippen molar-refractivity contribution in [3.63, 3.8) is 0 Å². The normalized spacial score (nSPS) is 10.8. The van der Waals surface area contributed by atoms with Crippen LogP contribution in [0.4, 0.5) is 0 Å². The molecule has 0 bridgehead atoms. The molecule has 28 heavy (non-hydrogen) atoms. The number of hydrogen-bond donors (Lipinski definition) is 1. The molecule has 0 radical (unpaired) electrons. The summed E-state index contributed by atoms with van der Waals surface area (Å²) in [5, 5.41) is 9.15. The van der Waals surface area contributed by atoms with Gasteiger partial charge in [0.15, 0.2) is 0 Å². The third-order valence-electron chi connectivity index (χ3n) is 4.55. The first-order chi connectivity index (χ1) is 13.6. The number of aromatic carboxylic acids is 1. The number of aromatic nitrogens is 2. The Morgan fingerprint density at radius 1 is 1.00 bits per heavy atom. The van der Waals surface area contributed by atoms with Gasteiger partial charge in [-0.2, -0.15) is 0 Å². The largest absolute Gasteiger partial charge is 0.478 e. The zero-order chi connectivity index (χ0) is 19.9. The average Bonchev–Trinajstić information content (AvgIpc) is 2.73. The van der Waals surface area contributed by atoms with Crippen molar-refractivity contribution in [1.29, 1.82) is 0 Å². The molecule has 0 saturated carbocycles. The number of benzene rings is 2. The van der Waals surface area contributed by atoms with Gasteiger partial charge >= 0.3 is 5.97 Å². The van der Waals surface area contributed by atoms with E-state index in [0.29, 0.717) is 6.61 Å². The van der Waals surface area contributed by atoms with Gasteiger partial charge in [-0.15, -0.1) is 0 Å². The molecule has 0 aliphatic rings. The molecule has 3 aromatic rings. The molecule has 0 amide bonds. The maximum absolute atomic E-state index is 11.2. The van der Waals surface area contributed by atoms with Crippen molar-refractivity contribution in [2.24, 2.45) is 0 Å². The summed E-state index contributed by atoms with van der Waals surface area (Å²) in [5.41, 5.74) is 5.66. The molecule has 0 atom stereocenters. The van der Waals surface area contributed by atoms with Crippen LogP contribution in [-0.4, -0.2) is 28.2 Å². The molecule has 0 fully saturated rings. The van der Waals surface area contributed by atoms with Crippen molar-refractivity contribution in [2.75, 3.05) is 7.11 Å². The van der Waals surface area contributed by atoms with Crippen LogP contribution in [0.15, 0.2) is 54.7 Å². The molecule has 0 saturated heterocycles. The highest BCUT2D eigenvalue weighted by Gasteiger charge is 2.13. The fourth-order valence-electron chi connectivity index (χ4n) is 3.01. The van der Waals surface area contributed by atoms with E-state index in [2.05, 4.69) is 6.92 Å². The number of aryl methyl sites for hydroxylation is 1. The smallest absolute Gasteiger partial charge is 0.335 e. The van der Waals surface area contributed by atoms with E-state index < -0.39 is 5.97 Å². The highest BCUT2D eigenvalue weighted by atomic mass is 16.5. The molecular formula is C23H24N2O3. The van der Waals surface area contributed by atoms with Crippen LogP contribution in [0.5, 0.6) is 0 Å². The van der Waals surface area contributed by atoms with Crippen molar-refractivity contribution in [3.05, 3.63) is 71.5 Å². The molecule has 1 aromatic heterocycles. The van der Waals surface area contributed by atoms with Gasteiger partial charge in [0.05, 0.1) is 29.3 Å². The van der Waals surface area contributed by atoms with Gasteiger partial charge in [-0.25, -0.2) is 9.78 Å². The van der Waals surface area contributed by atoms with Crippen molar-refractivity contribution in [3.8, 4) is 22.5 Å². The fourth-order valence-corrected chi connectivity index (χ4v) is 3.01. The summed E-state index contributed by atoms with van der Waals surface area (Å²) in [6.07, 6.45) is 4.85. The van der Waals surface area contributed by atoms with Gasteiger partial charge in [0, 0.05) is 24.4 Å². The van der Waals surface area contributed by atoms with Crippen LogP contribution in [0.2, 0.25) is 0 Å². The maximum Gasteiger partial charge on any atom is 0.335 e. The molecular weight excluding hydrogens is 352 g/mol. The second-order valence-electron chi connectivity index (χ2n) is 6.67. The zero-order valence-corrected chi connectivity index (χ0v) is 16.2. The molecule has 1 N–H and O–H groups in total. The summed E-state index contributed by atoms with van der Waals surface area (Å²) >= 11 is 0. The third-order valence-corrected chi connectivity index (χ3v) is 4.55. The molecule has 0 spiro atoms. The molecule has 0 unspecified atom stereocenters. The number of methoxy groups -OCH3 is 1. The standard InChI is InChI=1S/C23H24N2O3/c1-3-4-5-20-14-24-21(17-8-6-16(7-9-17)15-28-2)22(25-20)18-10-12-19(13-11-18)23(26)27/h6-14H,3-5,15H2,1-2H3,(H,26,27). The monoisotopic (exact) mass is 376 g/mol. The van der Waals surface area contributed by atoms with Gasteiger partial charge in [0.1, 0.15) is 0 Å². The first kappa shape index (κ1) is 19.7. The Bertz CT molecular complexity index is 935. The minimum absolute atomic E-state index is 0.254. The summed E-state index contributed by atoms with van der Waals surface area (Å²) < 4.78 is 5.17. The lowest BCUT2D eigenvalue weighted by Gasteiger charge is -2.11. The number of carboxylic acids is 1. The van der Waals surface area contributed by atoms with Crippen LogP contribution in [-0.2, 0) is 17.8 Å². The maximum atomic E-state index is 11.2. The first-order valence-corrected chi connectivity index (χ1v) is 9.40. The quantitative estimate of drug-likeness (QED) is 0.599. The van der Waals surface area contributed by atoms with E-state index in [-0.39, 0.29) is 5.56 Å². The molecule has 1 heterocycles. The van der Waals surface area contributed by atoms with Crippen molar-refractivity contribution < 1.29 is 14.6 Å². The lowest BCUT2D eigenvalue weighted by atomic mass is 10.0. The van der Waals surface area contributed by atoms with Crippen LogP contribution >= 0.6 is 0 Å². The molecule has 5 heteroatoms. The Labute approximate surface area is 165 Å². The molecule has 0 aliphatic heterocycles. The van der Waals surface area contributed by atoms with Gasteiger partial charge in [0.25, 0.3) is 0 Å². The SMILES string of the molecule is CCCCc1cnc(-c2ccc(COC)cc2)c(-c2ccc(C(=O)O)cc2)n1. The van der Waals surface area contributed by atoms with Crippen molar-refractivity contribution in [1.82, 2.24) is 9.97 Å². The lowest BCUT2D eigenvalue weighted by molar-refractivity contribution is 0.0697. The highest BCUT2D eigenvalue weighted by molar-refractivity contribution is 5.88. The minimum atomic E-state index is -0.941. The van der Waals surface area contributed by atoms with Gasteiger partial charge < -0.3 is 9.84 Å².